The number of piperidine rings is 1. The molecule has 0 aromatic carbocycles. The third kappa shape index (κ3) is 4.67. The lowest BCUT2D eigenvalue weighted by molar-refractivity contribution is -0.123. The number of amides is 1. The monoisotopic (exact) mass is 212 g/mol. The molecule has 1 rings (SSSR count). The normalized spacial score (nSPS) is 22.7. The molecular formula is C10H20N4O. The average Bonchev–Trinajstić information content (AvgIpc) is 2.14. The number of carbonyl (C=O) groups is 1. The number of guanidine groups is 1. The number of hydrogen-bond donors (Lipinski definition) is 3. The summed E-state index contributed by atoms with van der Waals surface area (Å²) < 4.78 is 0. The Morgan fingerprint density at radius 2 is 2.47 bits per heavy atom. The fourth-order valence-electron chi connectivity index (χ4n) is 1.57. The molecule has 15 heavy (non-hydrogen) atoms. The van der Waals surface area contributed by atoms with Crippen LogP contribution in [0.3, 0.4) is 0 Å². The highest BCUT2D eigenvalue weighted by Crippen LogP contribution is 2.07. The summed E-state index contributed by atoms with van der Waals surface area (Å²) in [4.78, 5) is 15.3. The van der Waals surface area contributed by atoms with Gasteiger partial charge in [0.25, 0.3) is 0 Å². The van der Waals surface area contributed by atoms with Crippen LogP contribution >= 0.6 is 0 Å². The first-order valence-corrected chi connectivity index (χ1v) is 5.43. The van der Waals surface area contributed by atoms with E-state index >= 15 is 0 Å². The van der Waals surface area contributed by atoms with E-state index in [0.29, 0.717) is 18.9 Å². The average molecular weight is 212 g/mol. The number of aliphatic imine (C=N–C) groups is 1. The van der Waals surface area contributed by atoms with E-state index in [2.05, 4.69) is 15.6 Å². The summed E-state index contributed by atoms with van der Waals surface area (Å²) in [6.07, 6.45) is 2.58. The lowest BCUT2D eigenvalue weighted by Gasteiger charge is -2.21. The summed E-state index contributed by atoms with van der Waals surface area (Å²) in [6, 6.07) is 0.438. The van der Waals surface area contributed by atoms with Gasteiger partial charge in [-0.15, -0.1) is 0 Å². The van der Waals surface area contributed by atoms with Crippen molar-refractivity contribution in [2.45, 2.75) is 45.2 Å². The van der Waals surface area contributed by atoms with E-state index in [1.165, 1.54) is 0 Å². The molecule has 1 saturated heterocycles. The fourth-order valence-corrected chi connectivity index (χ4v) is 1.57. The summed E-state index contributed by atoms with van der Waals surface area (Å²) in [5, 5.41) is 5.90. The maximum absolute atomic E-state index is 11.1. The topological polar surface area (TPSA) is 79.5 Å². The van der Waals surface area contributed by atoms with Crippen molar-refractivity contribution >= 4 is 11.9 Å². The Kier molecular flexibility index (Phi) is 4.39. The maximum atomic E-state index is 11.1. The third-order valence-electron chi connectivity index (χ3n) is 2.24. The minimum Gasteiger partial charge on any atom is -0.370 e. The zero-order valence-corrected chi connectivity index (χ0v) is 9.42. The SMILES string of the molecule is CC(C)NC(N)=NCC1CCCC(=O)N1. The summed E-state index contributed by atoms with van der Waals surface area (Å²) in [5.41, 5.74) is 5.65. The first-order chi connectivity index (χ1) is 7.08. The van der Waals surface area contributed by atoms with Crippen molar-refractivity contribution in [1.82, 2.24) is 10.6 Å². The maximum Gasteiger partial charge on any atom is 0.220 e. The van der Waals surface area contributed by atoms with E-state index in [1.807, 2.05) is 13.8 Å². The second-order valence-corrected chi connectivity index (χ2v) is 4.18. The van der Waals surface area contributed by atoms with Crippen LogP contribution in [0.15, 0.2) is 4.99 Å². The molecule has 1 atom stereocenters. The first kappa shape index (κ1) is 11.8. The van der Waals surface area contributed by atoms with Crippen LogP contribution in [0, 0.1) is 0 Å². The largest absolute Gasteiger partial charge is 0.370 e. The minimum atomic E-state index is 0.122. The lowest BCUT2D eigenvalue weighted by atomic mass is 10.0. The van der Waals surface area contributed by atoms with Crippen molar-refractivity contribution < 1.29 is 4.79 Å². The molecule has 5 heteroatoms. The van der Waals surface area contributed by atoms with Crippen LogP contribution < -0.4 is 16.4 Å². The van der Waals surface area contributed by atoms with Gasteiger partial charge in [0, 0.05) is 18.5 Å². The van der Waals surface area contributed by atoms with E-state index in [9.17, 15) is 4.79 Å². The number of rotatable bonds is 3. The molecule has 0 aromatic heterocycles. The van der Waals surface area contributed by atoms with Gasteiger partial charge in [-0.25, -0.2) is 0 Å². The van der Waals surface area contributed by atoms with Gasteiger partial charge >= 0.3 is 0 Å². The summed E-state index contributed by atoms with van der Waals surface area (Å²) >= 11 is 0. The first-order valence-electron chi connectivity index (χ1n) is 5.43. The Hall–Kier alpha value is -1.26. The fraction of sp³-hybridized carbons (Fsp3) is 0.800. The van der Waals surface area contributed by atoms with Gasteiger partial charge < -0.3 is 16.4 Å². The second-order valence-electron chi connectivity index (χ2n) is 4.18. The highest BCUT2D eigenvalue weighted by molar-refractivity contribution is 5.78. The smallest absolute Gasteiger partial charge is 0.220 e. The van der Waals surface area contributed by atoms with Gasteiger partial charge in [-0.3, -0.25) is 9.79 Å². The molecule has 0 bridgehead atoms. The molecule has 1 unspecified atom stereocenters. The molecule has 0 aliphatic carbocycles. The summed E-state index contributed by atoms with van der Waals surface area (Å²) in [5.74, 6) is 0.571. The van der Waals surface area contributed by atoms with Crippen LogP contribution in [-0.2, 0) is 4.79 Å². The van der Waals surface area contributed by atoms with E-state index in [4.69, 9.17) is 5.73 Å². The van der Waals surface area contributed by atoms with Gasteiger partial charge in [-0.2, -0.15) is 0 Å². The van der Waals surface area contributed by atoms with Gasteiger partial charge in [0.1, 0.15) is 0 Å². The Morgan fingerprint density at radius 3 is 3.07 bits per heavy atom. The zero-order valence-electron chi connectivity index (χ0n) is 9.42. The van der Waals surface area contributed by atoms with Crippen LogP contribution in [0.25, 0.3) is 0 Å². The standard InChI is InChI=1S/C10H20N4O/c1-7(2)13-10(11)12-6-8-4-3-5-9(15)14-8/h7-8H,3-6H2,1-2H3,(H,14,15)(H3,11,12,13). The van der Waals surface area contributed by atoms with Gasteiger partial charge in [0.15, 0.2) is 5.96 Å². The van der Waals surface area contributed by atoms with E-state index in [0.717, 1.165) is 12.8 Å². The Bertz CT molecular complexity index is 250. The van der Waals surface area contributed by atoms with Crippen LogP contribution in [0.5, 0.6) is 0 Å². The molecule has 1 aliphatic rings. The van der Waals surface area contributed by atoms with Crippen LogP contribution in [0.4, 0.5) is 0 Å². The number of nitrogens with one attached hydrogen (secondary N) is 2. The second kappa shape index (κ2) is 5.58. The third-order valence-corrected chi connectivity index (χ3v) is 2.24. The van der Waals surface area contributed by atoms with Gasteiger partial charge in [-0.05, 0) is 26.7 Å². The van der Waals surface area contributed by atoms with Crippen molar-refractivity contribution in [3.8, 4) is 0 Å². The highest BCUT2D eigenvalue weighted by atomic mass is 16.1. The predicted octanol–water partition coefficient (Wildman–Crippen LogP) is -0.0322. The zero-order chi connectivity index (χ0) is 11.3. The van der Waals surface area contributed by atoms with Crippen molar-refractivity contribution in [1.29, 1.82) is 0 Å². The van der Waals surface area contributed by atoms with Gasteiger partial charge in [-0.1, -0.05) is 0 Å². The van der Waals surface area contributed by atoms with Crippen LogP contribution in [0.2, 0.25) is 0 Å². The number of nitrogens with zero attached hydrogens (tertiary/aromatic N) is 1. The molecule has 1 aliphatic heterocycles. The molecule has 5 nitrogen and oxygen atoms in total. The van der Waals surface area contributed by atoms with Crippen molar-refractivity contribution in [3.63, 3.8) is 0 Å². The minimum absolute atomic E-state index is 0.122. The molecule has 1 heterocycles. The predicted molar refractivity (Wildman–Crippen MR) is 60.5 cm³/mol. The number of hydrogen-bond acceptors (Lipinski definition) is 2. The quantitative estimate of drug-likeness (QED) is 0.454. The van der Waals surface area contributed by atoms with Gasteiger partial charge in [0.2, 0.25) is 5.91 Å². The highest BCUT2D eigenvalue weighted by Gasteiger charge is 2.17. The van der Waals surface area contributed by atoms with Gasteiger partial charge in [0.05, 0.1) is 6.54 Å². The van der Waals surface area contributed by atoms with Crippen molar-refractivity contribution in [2.75, 3.05) is 6.54 Å². The Morgan fingerprint density at radius 1 is 1.73 bits per heavy atom. The molecule has 86 valence electrons. The van der Waals surface area contributed by atoms with E-state index in [1.54, 1.807) is 0 Å². The lowest BCUT2D eigenvalue weighted by Crippen LogP contribution is -2.42. The van der Waals surface area contributed by atoms with Crippen molar-refractivity contribution in [2.24, 2.45) is 10.7 Å². The molecule has 0 aromatic rings. The molecule has 0 spiro atoms. The molecule has 1 fully saturated rings. The summed E-state index contributed by atoms with van der Waals surface area (Å²) in [7, 11) is 0. The van der Waals surface area contributed by atoms with Crippen LogP contribution in [-0.4, -0.2) is 30.5 Å². The van der Waals surface area contributed by atoms with E-state index in [-0.39, 0.29) is 18.0 Å². The molecule has 1 amide bonds. The molecular weight excluding hydrogens is 192 g/mol. The number of nitrogens with two attached hydrogens (primary N) is 1. The molecule has 4 N–H and O–H groups in total. The number of carbonyl (C=O) groups excluding carboxylic acids is 1. The molecule has 0 radical (unpaired) electrons. The van der Waals surface area contributed by atoms with Crippen molar-refractivity contribution in [3.05, 3.63) is 0 Å². The van der Waals surface area contributed by atoms with E-state index < -0.39 is 0 Å². The Balaban J connectivity index is 2.31. The Labute approximate surface area is 90.5 Å². The molecule has 0 saturated carbocycles. The summed E-state index contributed by atoms with van der Waals surface area (Å²) in [6.45, 7) is 4.58. The van der Waals surface area contributed by atoms with Crippen LogP contribution in [0.1, 0.15) is 33.1 Å².